The van der Waals surface area contributed by atoms with Crippen molar-refractivity contribution in [2.75, 3.05) is 0 Å². The summed E-state index contributed by atoms with van der Waals surface area (Å²) in [4.78, 5) is 4.91. The molecule has 1 unspecified atom stereocenters. The number of oxazole rings is 1. The summed E-state index contributed by atoms with van der Waals surface area (Å²) < 4.78 is 18.9. The van der Waals surface area contributed by atoms with E-state index >= 15 is 0 Å². The summed E-state index contributed by atoms with van der Waals surface area (Å²) in [7, 11) is 0. The molecule has 0 aliphatic heterocycles. The Bertz CT molecular complexity index is 525. The van der Waals surface area contributed by atoms with E-state index in [0.717, 1.165) is 10.6 Å². The smallest absolute Gasteiger partial charge is 0.260 e. The first-order valence-electron chi connectivity index (χ1n) is 5.22. The maximum Gasteiger partial charge on any atom is 0.260 e. The molecule has 0 bridgehead atoms. The Hall–Kier alpha value is -1.33. The molecule has 0 aliphatic carbocycles. The molecule has 0 spiro atoms. The molecule has 1 heterocycles. The first kappa shape index (κ1) is 12.1. The van der Waals surface area contributed by atoms with Crippen LogP contribution in [0.1, 0.15) is 24.2 Å². The zero-order valence-electron chi connectivity index (χ0n) is 9.61. The van der Waals surface area contributed by atoms with Gasteiger partial charge in [0.05, 0.1) is 5.69 Å². The molecule has 17 heavy (non-hydrogen) atoms. The monoisotopic (exact) mass is 252 g/mol. The number of aromatic nitrogens is 1. The van der Waals surface area contributed by atoms with E-state index in [1.807, 2.05) is 13.0 Å². The molecule has 0 saturated carbocycles. The van der Waals surface area contributed by atoms with Crippen LogP contribution in [0.4, 0.5) is 4.39 Å². The minimum absolute atomic E-state index is 0.298. The zero-order valence-corrected chi connectivity index (χ0v) is 10.4. The van der Waals surface area contributed by atoms with Crippen molar-refractivity contribution in [1.82, 2.24) is 4.98 Å². The van der Waals surface area contributed by atoms with Gasteiger partial charge in [-0.1, -0.05) is 6.07 Å². The molecule has 2 rings (SSSR count). The average molecular weight is 252 g/mol. The summed E-state index contributed by atoms with van der Waals surface area (Å²) >= 11 is 1.28. The summed E-state index contributed by atoms with van der Waals surface area (Å²) in [6.07, 6.45) is 1.56. The first-order valence-corrected chi connectivity index (χ1v) is 6.03. The number of nitrogens with zero attached hydrogens (tertiary/aromatic N) is 1. The molecule has 0 amide bonds. The van der Waals surface area contributed by atoms with Crippen molar-refractivity contribution >= 4 is 11.8 Å². The molecule has 0 fully saturated rings. The molecule has 1 aromatic heterocycles. The molecule has 90 valence electrons. The van der Waals surface area contributed by atoms with Crippen LogP contribution in [0.15, 0.2) is 39.0 Å². The predicted molar refractivity (Wildman–Crippen MR) is 64.4 cm³/mol. The maximum atomic E-state index is 13.7. The SMILES string of the molecule is Cc1coc(Sc2cccc(F)c2C(C)N)n1. The summed E-state index contributed by atoms with van der Waals surface area (Å²) in [5.74, 6) is -0.298. The third kappa shape index (κ3) is 2.68. The molecule has 2 N–H and O–H groups in total. The highest BCUT2D eigenvalue weighted by molar-refractivity contribution is 7.99. The van der Waals surface area contributed by atoms with E-state index in [9.17, 15) is 4.39 Å². The van der Waals surface area contributed by atoms with Gasteiger partial charge in [-0.25, -0.2) is 9.37 Å². The molecule has 0 aliphatic rings. The predicted octanol–water partition coefficient (Wildman–Crippen LogP) is 3.29. The van der Waals surface area contributed by atoms with Crippen molar-refractivity contribution in [3.63, 3.8) is 0 Å². The number of hydrogen-bond acceptors (Lipinski definition) is 4. The number of aryl methyl sites for hydroxylation is 1. The van der Waals surface area contributed by atoms with Crippen molar-refractivity contribution in [1.29, 1.82) is 0 Å². The molecule has 2 aromatic rings. The molecule has 0 radical (unpaired) electrons. The fraction of sp³-hybridized carbons (Fsp3) is 0.250. The largest absolute Gasteiger partial charge is 0.439 e. The molecule has 1 aromatic carbocycles. The second-order valence-corrected chi connectivity index (χ2v) is 4.79. The van der Waals surface area contributed by atoms with Gasteiger partial charge in [0.1, 0.15) is 12.1 Å². The zero-order chi connectivity index (χ0) is 12.4. The number of halogens is 1. The number of nitrogens with two attached hydrogens (primary N) is 1. The van der Waals surface area contributed by atoms with Crippen LogP contribution in [0, 0.1) is 12.7 Å². The van der Waals surface area contributed by atoms with Crippen molar-refractivity contribution in [2.24, 2.45) is 5.73 Å². The summed E-state index contributed by atoms with van der Waals surface area (Å²) in [6, 6.07) is 4.50. The Morgan fingerprint density at radius 2 is 2.24 bits per heavy atom. The van der Waals surface area contributed by atoms with Crippen molar-refractivity contribution in [2.45, 2.75) is 30.0 Å². The quantitative estimate of drug-likeness (QED) is 0.910. The van der Waals surface area contributed by atoms with Crippen LogP contribution in [0.2, 0.25) is 0 Å². The van der Waals surface area contributed by atoms with E-state index in [2.05, 4.69) is 4.98 Å². The summed E-state index contributed by atoms with van der Waals surface area (Å²) in [5, 5.41) is 0.495. The lowest BCUT2D eigenvalue weighted by atomic mass is 10.1. The van der Waals surface area contributed by atoms with Crippen molar-refractivity contribution < 1.29 is 8.81 Å². The first-order chi connectivity index (χ1) is 8.08. The van der Waals surface area contributed by atoms with Gasteiger partial charge in [0, 0.05) is 16.5 Å². The lowest BCUT2D eigenvalue weighted by molar-refractivity contribution is 0.454. The lowest BCUT2D eigenvalue weighted by Crippen LogP contribution is -2.08. The van der Waals surface area contributed by atoms with Crippen LogP contribution >= 0.6 is 11.8 Å². The Kier molecular flexibility index (Phi) is 3.49. The molecule has 3 nitrogen and oxygen atoms in total. The topological polar surface area (TPSA) is 52.0 Å². The van der Waals surface area contributed by atoms with E-state index in [-0.39, 0.29) is 11.9 Å². The van der Waals surface area contributed by atoms with Gasteiger partial charge in [0.25, 0.3) is 5.22 Å². The second kappa shape index (κ2) is 4.89. The van der Waals surface area contributed by atoms with Crippen LogP contribution in [-0.4, -0.2) is 4.98 Å². The summed E-state index contributed by atoms with van der Waals surface area (Å²) in [6.45, 7) is 3.59. The minimum Gasteiger partial charge on any atom is -0.439 e. The van der Waals surface area contributed by atoms with Gasteiger partial charge < -0.3 is 10.2 Å². The van der Waals surface area contributed by atoms with Gasteiger partial charge in [-0.2, -0.15) is 0 Å². The van der Waals surface area contributed by atoms with Gasteiger partial charge >= 0.3 is 0 Å². The Labute approximate surface area is 103 Å². The normalized spacial score (nSPS) is 12.7. The average Bonchev–Trinajstić information content (AvgIpc) is 2.63. The van der Waals surface area contributed by atoms with Crippen molar-refractivity contribution in [3.8, 4) is 0 Å². The highest BCUT2D eigenvalue weighted by Crippen LogP contribution is 2.33. The van der Waals surface area contributed by atoms with E-state index in [1.165, 1.54) is 17.8 Å². The van der Waals surface area contributed by atoms with Gasteiger partial charge in [-0.05, 0) is 37.7 Å². The Morgan fingerprint density at radius 1 is 1.47 bits per heavy atom. The van der Waals surface area contributed by atoms with Crippen LogP contribution < -0.4 is 5.73 Å². The third-order valence-corrected chi connectivity index (χ3v) is 3.20. The highest BCUT2D eigenvalue weighted by atomic mass is 32.2. The number of benzene rings is 1. The van der Waals surface area contributed by atoms with E-state index < -0.39 is 0 Å². The Balaban J connectivity index is 2.35. The second-order valence-electron chi connectivity index (χ2n) is 3.80. The Morgan fingerprint density at radius 3 is 2.82 bits per heavy atom. The number of hydrogen-bond donors (Lipinski definition) is 1. The fourth-order valence-electron chi connectivity index (χ4n) is 1.52. The van der Waals surface area contributed by atoms with Gasteiger partial charge in [-0.15, -0.1) is 0 Å². The fourth-order valence-corrected chi connectivity index (χ4v) is 2.54. The van der Waals surface area contributed by atoms with Crippen LogP contribution in [0.5, 0.6) is 0 Å². The standard InChI is InChI=1S/C12H13FN2OS/c1-7-6-16-12(15-7)17-10-5-3-4-9(13)11(10)8(2)14/h3-6,8H,14H2,1-2H3. The van der Waals surface area contributed by atoms with Crippen LogP contribution in [0.3, 0.4) is 0 Å². The molecule has 0 saturated heterocycles. The third-order valence-electron chi connectivity index (χ3n) is 2.26. The molecule has 1 atom stereocenters. The van der Waals surface area contributed by atoms with Crippen molar-refractivity contribution in [3.05, 3.63) is 41.5 Å². The molecule has 5 heteroatoms. The van der Waals surface area contributed by atoms with Crippen LogP contribution in [-0.2, 0) is 0 Å². The molecular weight excluding hydrogens is 239 g/mol. The minimum atomic E-state index is -0.366. The van der Waals surface area contributed by atoms with E-state index in [4.69, 9.17) is 10.2 Å². The molecular formula is C12H13FN2OS. The van der Waals surface area contributed by atoms with E-state index in [1.54, 1.807) is 19.3 Å². The van der Waals surface area contributed by atoms with E-state index in [0.29, 0.717) is 10.8 Å². The highest BCUT2D eigenvalue weighted by Gasteiger charge is 2.15. The van der Waals surface area contributed by atoms with Gasteiger partial charge in [0.2, 0.25) is 0 Å². The lowest BCUT2D eigenvalue weighted by Gasteiger charge is -2.11. The van der Waals surface area contributed by atoms with Crippen LogP contribution in [0.25, 0.3) is 0 Å². The van der Waals surface area contributed by atoms with Gasteiger partial charge in [-0.3, -0.25) is 0 Å². The maximum absolute atomic E-state index is 13.7. The summed E-state index contributed by atoms with van der Waals surface area (Å²) in [5.41, 5.74) is 7.06. The number of rotatable bonds is 3. The van der Waals surface area contributed by atoms with Gasteiger partial charge in [0.15, 0.2) is 0 Å².